The second kappa shape index (κ2) is 5.80. The van der Waals surface area contributed by atoms with Crippen molar-refractivity contribution in [2.45, 2.75) is 6.42 Å². The van der Waals surface area contributed by atoms with E-state index in [4.69, 9.17) is 0 Å². The van der Waals surface area contributed by atoms with Crippen LogP contribution in [0.15, 0.2) is 24.4 Å². The minimum atomic E-state index is 0. The second-order valence-electron chi connectivity index (χ2n) is 4.07. The number of aromatic hydroxyl groups is 1. The van der Waals surface area contributed by atoms with E-state index in [1.807, 2.05) is 18.3 Å². The fraction of sp³-hybridized carbons (Fsp3) is 0.333. The Morgan fingerprint density at radius 2 is 2.06 bits per heavy atom. The average Bonchev–Trinajstić information content (AvgIpc) is 2.59. The molecule has 83 valence electrons. The van der Waals surface area contributed by atoms with Crippen LogP contribution in [0, 0.1) is 0 Å². The largest absolute Gasteiger partial charge is 0.507 e. The average molecular weight is 293 g/mol. The number of nitrogens with one attached hydrogen (secondary N) is 1. The monoisotopic (exact) mass is 293 g/mol. The van der Waals surface area contributed by atoms with E-state index in [1.54, 1.807) is 6.07 Å². The van der Waals surface area contributed by atoms with Gasteiger partial charge in [0.1, 0.15) is 5.75 Å². The number of H-pyrrole nitrogens is 1. The zero-order chi connectivity index (χ0) is 10.8. The predicted octanol–water partition coefficient (Wildman–Crippen LogP) is 1.98. The van der Waals surface area contributed by atoms with E-state index < -0.39 is 0 Å². The summed E-state index contributed by atoms with van der Waals surface area (Å²) < 4.78 is 0. The van der Waals surface area contributed by atoms with Crippen LogP contribution in [0.1, 0.15) is 5.56 Å². The molecule has 0 fully saturated rings. The zero-order valence-corrected chi connectivity index (χ0v) is 12.5. The first kappa shape index (κ1) is 13.7. The molecule has 16 heavy (non-hydrogen) atoms. The van der Waals surface area contributed by atoms with Crippen molar-refractivity contribution in [3.63, 3.8) is 0 Å². The maximum Gasteiger partial charge on any atom is 0.125 e. The van der Waals surface area contributed by atoms with Crippen molar-refractivity contribution in [2.24, 2.45) is 0 Å². The number of nitrogens with zero attached hydrogens (tertiary/aromatic N) is 1. The molecule has 1 aromatic heterocycles. The summed E-state index contributed by atoms with van der Waals surface area (Å²) in [4.78, 5) is 5.31. The van der Waals surface area contributed by atoms with Crippen LogP contribution in [-0.2, 0) is 39.1 Å². The van der Waals surface area contributed by atoms with Gasteiger partial charge >= 0.3 is 0 Å². The molecule has 2 N–H and O–H groups in total. The summed E-state index contributed by atoms with van der Waals surface area (Å²) in [6, 6.07) is 5.56. The van der Waals surface area contributed by atoms with Gasteiger partial charge in [0, 0.05) is 56.4 Å². The van der Waals surface area contributed by atoms with Crippen LogP contribution in [0.2, 0.25) is 0 Å². The molecule has 0 aliphatic heterocycles. The fourth-order valence-electron chi connectivity index (χ4n) is 1.78. The maximum absolute atomic E-state index is 9.77. The van der Waals surface area contributed by atoms with E-state index in [1.165, 1.54) is 5.56 Å². The van der Waals surface area contributed by atoms with Crippen molar-refractivity contribution in [3.8, 4) is 5.75 Å². The smallest absolute Gasteiger partial charge is 0.125 e. The van der Waals surface area contributed by atoms with Crippen LogP contribution in [0.3, 0.4) is 0 Å². The first-order valence-corrected chi connectivity index (χ1v) is 5.11. The number of phenols is 1. The van der Waals surface area contributed by atoms with Gasteiger partial charge in [-0.25, -0.2) is 0 Å². The Morgan fingerprint density at radius 1 is 1.31 bits per heavy atom. The van der Waals surface area contributed by atoms with Crippen molar-refractivity contribution >= 4 is 10.9 Å². The van der Waals surface area contributed by atoms with Crippen molar-refractivity contribution in [3.05, 3.63) is 30.0 Å². The molecule has 0 saturated carbocycles. The van der Waals surface area contributed by atoms with Crippen molar-refractivity contribution in [1.82, 2.24) is 9.88 Å². The third-order valence-corrected chi connectivity index (χ3v) is 2.59. The van der Waals surface area contributed by atoms with Crippen LogP contribution in [0.4, 0.5) is 0 Å². The molecule has 0 bridgehead atoms. The molecule has 2 rings (SSSR count). The summed E-state index contributed by atoms with van der Waals surface area (Å²) in [5, 5.41) is 10.7. The quantitative estimate of drug-likeness (QED) is 0.908. The SMILES string of the molecule is CN(C)CCc1c[nH]c2cccc(O)c12.[Y]. The number of rotatable bonds is 3. The van der Waals surface area contributed by atoms with Gasteiger partial charge in [0.15, 0.2) is 0 Å². The van der Waals surface area contributed by atoms with Crippen LogP contribution in [0.5, 0.6) is 5.75 Å². The molecule has 3 nitrogen and oxygen atoms in total. The fourth-order valence-corrected chi connectivity index (χ4v) is 1.78. The molecule has 0 atom stereocenters. The Labute approximate surface area is 121 Å². The van der Waals surface area contributed by atoms with Crippen molar-refractivity contribution in [1.29, 1.82) is 0 Å². The first-order valence-electron chi connectivity index (χ1n) is 5.11. The van der Waals surface area contributed by atoms with Gasteiger partial charge in [-0.2, -0.15) is 0 Å². The van der Waals surface area contributed by atoms with E-state index >= 15 is 0 Å². The molecular formula is C12H16N2OY. The number of phenolic OH excluding ortho intramolecular Hbond substituents is 1. The third kappa shape index (κ3) is 2.85. The normalized spacial score (nSPS) is 10.7. The van der Waals surface area contributed by atoms with Crippen LogP contribution in [0.25, 0.3) is 10.9 Å². The minimum absolute atomic E-state index is 0. The molecule has 4 heteroatoms. The zero-order valence-electron chi connectivity index (χ0n) is 9.70. The van der Waals surface area contributed by atoms with E-state index in [0.29, 0.717) is 5.75 Å². The Hall–Kier alpha value is -0.376. The number of hydrogen-bond acceptors (Lipinski definition) is 2. The third-order valence-electron chi connectivity index (χ3n) is 2.59. The molecule has 0 aliphatic rings. The summed E-state index contributed by atoms with van der Waals surface area (Å²) in [5.41, 5.74) is 2.18. The first-order chi connectivity index (χ1) is 7.18. The van der Waals surface area contributed by atoms with Crippen LogP contribution in [-0.4, -0.2) is 35.6 Å². The summed E-state index contributed by atoms with van der Waals surface area (Å²) in [5.74, 6) is 0.363. The van der Waals surface area contributed by atoms with Gasteiger partial charge in [-0.05, 0) is 38.2 Å². The number of benzene rings is 1. The minimum Gasteiger partial charge on any atom is -0.507 e. The molecule has 1 heterocycles. The molecule has 1 aromatic carbocycles. The molecule has 0 unspecified atom stereocenters. The molecule has 2 aromatic rings. The Morgan fingerprint density at radius 3 is 2.75 bits per heavy atom. The predicted molar refractivity (Wildman–Crippen MR) is 62.2 cm³/mol. The molecule has 0 spiro atoms. The summed E-state index contributed by atoms with van der Waals surface area (Å²) >= 11 is 0. The molecule has 1 radical (unpaired) electrons. The van der Waals surface area contributed by atoms with Crippen LogP contribution < -0.4 is 0 Å². The van der Waals surface area contributed by atoms with Gasteiger partial charge in [0.25, 0.3) is 0 Å². The van der Waals surface area contributed by atoms with Crippen LogP contribution >= 0.6 is 0 Å². The number of aromatic amines is 1. The summed E-state index contributed by atoms with van der Waals surface area (Å²) in [6.07, 6.45) is 2.93. The van der Waals surface area contributed by atoms with Gasteiger partial charge in [0.2, 0.25) is 0 Å². The number of fused-ring (bicyclic) bond motifs is 1. The van der Waals surface area contributed by atoms with E-state index in [9.17, 15) is 5.11 Å². The molecule has 0 saturated heterocycles. The van der Waals surface area contributed by atoms with Gasteiger partial charge < -0.3 is 15.0 Å². The second-order valence-corrected chi connectivity index (χ2v) is 4.07. The number of aromatic nitrogens is 1. The Balaban J connectivity index is 0.00000128. The molecule has 0 amide bonds. The van der Waals surface area contributed by atoms with Gasteiger partial charge in [0.05, 0.1) is 0 Å². The summed E-state index contributed by atoms with van der Waals surface area (Å²) in [7, 11) is 4.10. The Kier molecular flexibility index (Phi) is 4.97. The van der Waals surface area contributed by atoms with Gasteiger partial charge in [-0.15, -0.1) is 0 Å². The number of likely N-dealkylation sites (N-methyl/N-ethyl adjacent to an activating group) is 1. The topological polar surface area (TPSA) is 39.3 Å². The maximum atomic E-state index is 9.77. The summed E-state index contributed by atoms with van der Waals surface area (Å²) in [6.45, 7) is 0.987. The van der Waals surface area contributed by atoms with Gasteiger partial charge in [-0.1, -0.05) is 6.07 Å². The van der Waals surface area contributed by atoms with Gasteiger partial charge in [-0.3, -0.25) is 0 Å². The Bertz CT molecular complexity index is 465. The standard InChI is InChI=1S/C12H16N2O.Y/c1-14(2)7-6-9-8-13-10-4-3-5-11(15)12(9)10;/h3-5,8,13,15H,6-7H2,1-2H3;. The molecular weight excluding hydrogens is 277 g/mol. The van der Waals surface area contributed by atoms with E-state index in [0.717, 1.165) is 23.9 Å². The van der Waals surface area contributed by atoms with Crippen molar-refractivity contribution in [2.75, 3.05) is 20.6 Å². The van der Waals surface area contributed by atoms with E-state index in [2.05, 4.69) is 24.0 Å². The van der Waals surface area contributed by atoms with E-state index in [-0.39, 0.29) is 32.7 Å². The van der Waals surface area contributed by atoms with Crippen molar-refractivity contribution < 1.29 is 37.8 Å². The number of hydrogen-bond donors (Lipinski definition) is 2. The molecule has 0 aliphatic carbocycles.